The molecule has 0 saturated carbocycles. The average molecular weight is 702 g/mol. The van der Waals surface area contributed by atoms with E-state index >= 15 is 0 Å². The molecule has 0 saturated heterocycles. The summed E-state index contributed by atoms with van der Waals surface area (Å²) in [6.07, 6.45) is 0. The molecule has 10 rings (SSSR count). The first-order valence-electron chi connectivity index (χ1n) is 18.7. The van der Waals surface area contributed by atoms with Gasteiger partial charge in [-0.2, -0.15) is 0 Å². The summed E-state index contributed by atoms with van der Waals surface area (Å²) < 4.78 is 0. The van der Waals surface area contributed by atoms with E-state index in [-0.39, 0.29) is 0 Å². The number of fused-ring (bicyclic) bond motifs is 3. The lowest BCUT2D eigenvalue weighted by molar-refractivity contribution is 0.769. The third-order valence-electron chi connectivity index (χ3n) is 10.9. The number of hydrogen-bond donors (Lipinski definition) is 0. The smallest absolute Gasteiger partial charge is 0.164 e. The Hall–Kier alpha value is -7.23. The van der Waals surface area contributed by atoms with Crippen molar-refractivity contribution in [3.63, 3.8) is 0 Å². The van der Waals surface area contributed by atoms with Crippen LogP contribution in [0.4, 0.5) is 0 Å². The van der Waals surface area contributed by atoms with Crippen LogP contribution >= 0.6 is 0 Å². The quantitative estimate of drug-likeness (QED) is 0.166. The Morgan fingerprint density at radius 2 is 0.655 bits per heavy atom. The van der Waals surface area contributed by atoms with E-state index in [2.05, 4.69) is 188 Å². The van der Waals surface area contributed by atoms with E-state index in [0.717, 1.165) is 33.4 Å². The molecule has 1 aliphatic carbocycles. The summed E-state index contributed by atoms with van der Waals surface area (Å²) in [4.78, 5) is 15.4. The van der Waals surface area contributed by atoms with Crippen LogP contribution in [0.3, 0.4) is 0 Å². The molecular formula is C52H35N3. The minimum absolute atomic E-state index is 0.494. The first-order chi connectivity index (χ1) is 27.3. The molecule has 0 unspecified atom stereocenters. The van der Waals surface area contributed by atoms with Gasteiger partial charge in [-0.3, -0.25) is 0 Å². The lowest BCUT2D eigenvalue weighted by atomic mass is 9.67. The summed E-state index contributed by atoms with van der Waals surface area (Å²) in [5.74, 6) is 1.90. The lowest BCUT2D eigenvalue weighted by Crippen LogP contribution is -2.28. The fourth-order valence-electron chi connectivity index (χ4n) is 8.33. The number of benzene rings is 8. The van der Waals surface area contributed by atoms with Crippen molar-refractivity contribution in [1.29, 1.82) is 0 Å². The molecule has 0 spiro atoms. The zero-order valence-electron chi connectivity index (χ0n) is 30.0. The predicted molar refractivity (Wildman–Crippen MR) is 224 cm³/mol. The zero-order chi connectivity index (χ0) is 36.6. The summed E-state index contributed by atoms with van der Waals surface area (Å²) in [5.41, 5.74) is 14.4. The van der Waals surface area contributed by atoms with Gasteiger partial charge in [-0.05, 0) is 61.7 Å². The second-order valence-electron chi connectivity index (χ2n) is 13.9. The zero-order valence-corrected chi connectivity index (χ0v) is 30.0. The van der Waals surface area contributed by atoms with Gasteiger partial charge >= 0.3 is 0 Å². The lowest BCUT2D eigenvalue weighted by Gasteiger charge is -2.34. The van der Waals surface area contributed by atoms with Gasteiger partial charge in [0.05, 0.1) is 5.41 Å². The molecule has 3 nitrogen and oxygen atoms in total. The first kappa shape index (κ1) is 32.4. The summed E-state index contributed by atoms with van der Waals surface area (Å²) in [5, 5.41) is 0. The highest BCUT2D eigenvalue weighted by Crippen LogP contribution is 2.56. The minimum Gasteiger partial charge on any atom is -0.208 e. The van der Waals surface area contributed by atoms with Crippen molar-refractivity contribution < 1.29 is 0 Å². The van der Waals surface area contributed by atoms with Gasteiger partial charge in [0.15, 0.2) is 17.5 Å². The van der Waals surface area contributed by atoms with Crippen LogP contribution in [-0.4, -0.2) is 15.0 Å². The van der Waals surface area contributed by atoms with Crippen LogP contribution in [0, 0.1) is 0 Å². The van der Waals surface area contributed by atoms with Crippen LogP contribution in [0.5, 0.6) is 0 Å². The Morgan fingerprint density at radius 3 is 1.27 bits per heavy atom. The van der Waals surface area contributed by atoms with E-state index in [1.165, 1.54) is 38.9 Å². The highest BCUT2D eigenvalue weighted by molar-refractivity contribution is 5.90. The van der Waals surface area contributed by atoms with Crippen LogP contribution in [0.15, 0.2) is 212 Å². The summed E-state index contributed by atoms with van der Waals surface area (Å²) in [7, 11) is 0. The van der Waals surface area contributed by atoms with Crippen molar-refractivity contribution in [2.75, 3.05) is 0 Å². The van der Waals surface area contributed by atoms with E-state index in [4.69, 9.17) is 15.0 Å². The largest absolute Gasteiger partial charge is 0.208 e. The highest BCUT2D eigenvalue weighted by Gasteiger charge is 2.46. The topological polar surface area (TPSA) is 38.7 Å². The molecule has 1 aromatic heterocycles. The summed E-state index contributed by atoms with van der Waals surface area (Å²) >= 11 is 0. The van der Waals surface area contributed by atoms with E-state index in [0.29, 0.717) is 17.5 Å². The Kier molecular flexibility index (Phi) is 8.04. The van der Waals surface area contributed by atoms with E-state index in [1.807, 2.05) is 24.3 Å². The Morgan fingerprint density at radius 1 is 0.255 bits per heavy atom. The van der Waals surface area contributed by atoms with Gasteiger partial charge in [-0.1, -0.05) is 206 Å². The van der Waals surface area contributed by atoms with Gasteiger partial charge in [0.25, 0.3) is 0 Å². The highest BCUT2D eigenvalue weighted by atomic mass is 15.0. The SMILES string of the molecule is c1ccc(-c2ccc(-c3nc(-c4ccccc4)nc(-c4ccccc4-c4ccc5c(c4)C(c4ccccc4)(c4ccccc4)c4ccccc4-5)n3)cc2)cc1. The fraction of sp³-hybridized carbons (Fsp3) is 0.0192. The van der Waals surface area contributed by atoms with Gasteiger partial charge in [-0.15, -0.1) is 0 Å². The van der Waals surface area contributed by atoms with Crippen molar-refractivity contribution in [3.8, 4) is 67.5 Å². The van der Waals surface area contributed by atoms with Crippen molar-refractivity contribution in [1.82, 2.24) is 15.0 Å². The standard InChI is InChI=1S/C52H35N3/c1-5-17-36(18-6-1)37-29-31-39(32-30-37)50-53-49(38-19-7-2-8-20-38)54-51(55-50)46-27-14-13-25-43(46)40-33-34-45-44-26-15-16-28-47(44)52(48(45)35-40,41-21-9-3-10-22-41)42-23-11-4-12-24-42/h1-35H. The number of nitrogens with zero attached hydrogens (tertiary/aromatic N) is 3. The monoisotopic (exact) mass is 701 g/mol. The number of hydrogen-bond acceptors (Lipinski definition) is 3. The Balaban J connectivity index is 1.16. The molecule has 0 N–H and O–H groups in total. The fourth-order valence-corrected chi connectivity index (χ4v) is 8.33. The van der Waals surface area contributed by atoms with Gasteiger partial charge in [0, 0.05) is 16.7 Å². The van der Waals surface area contributed by atoms with Gasteiger partial charge in [0.2, 0.25) is 0 Å². The molecule has 55 heavy (non-hydrogen) atoms. The van der Waals surface area contributed by atoms with Crippen LogP contribution in [0.25, 0.3) is 67.5 Å². The van der Waals surface area contributed by atoms with Crippen LogP contribution in [0.2, 0.25) is 0 Å². The molecule has 0 amide bonds. The normalized spacial score (nSPS) is 12.5. The number of aromatic nitrogens is 3. The molecular weight excluding hydrogens is 667 g/mol. The molecule has 1 heterocycles. The van der Waals surface area contributed by atoms with Crippen molar-refractivity contribution in [2.24, 2.45) is 0 Å². The van der Waals surface area contributed by atoms with Crippen molar-refractivity contribution in [2.45, 2.75) is 5.41 Å². The maximum absolute atomic E-state index is 5.19. The Bertz CT molecular complexity index is 2740. The number of rotatable bonds is 7. The third-order valence-corrected chi connectivity index (χ3v) is 10.9. The minimum atomic E-state index is -0.494. The second kappa shape index (κ2) is 13.6. The van der Waals surface area contributed by atoms with Crippen LogP contribution in [0.1, 0.15) is 22.3 Å². The van der Waals surface area contributed by atoms with Crippen molar-refractivity contribution >= 4 is 0 Å². The molecule has 9 aromatic rings. The predicted octanol–water partition coefficient (Wildman–Crippen LogP) is 12.6. The summed E-state index contributed by atoms with van der Waals surface area (Å²) in [6, 6.07) is 75.3. The molecule has 258 valence electrons. The van der Waals surface area contributed by atoms with Gasteiger partial charge in [-0.25, -0.2) is 15.0 Å². The molecule has 8 aromatic carbocycles. The molecule has 0 atom stereocenters. The van der Waals surface area contributed by atoms with Gasteiger partial charge in [0.1, 0.15) is 0 Å². The van der Waals surface area contributed by atoms with Crippen molar-refractivity contribution in [3.05, 3.63) is 235 Å². The van der Waals surface area contributed by atoms with E-state index in [1.54, 1.807) is 0 Å². The van der Waals surface area contributed by atoms with Crippen LogP contribution in [-0.2, 0) is 5.41 Å². The third kappa shape index (κ3) is 5.57. The molecule has 0 fully saturated rings. The maximum Gasteiger partial charge on any atom is 0.164 e. The molecule has 0 bridgehead atoms. The Labute approximate surface area is 321 Å². The molecule has 0 aliphatic heterocycles. The average Bonchev–Trinajstić information content (AvgIpc) is 3.58. The first-order valence-corrected chi connectivity index (χ1v) is 18.7. The molecule has 3 heteroatoms. The second-order valence-corrected chi connectivity index (χ2v) is 13.9. The molecule has 0 radical (unpaired) electrons. The molecule has 1 aliphatic rings. The van der Waals surface area contributed by atoms with E-state index < -0.39 is 5.41 Å². The van der Waals surface area contributed by atoms with E-state index in [9.17, 15) is 0 Å². The van der Waals surface area contributed by atoms with Crippen LogP contribution < -0.4 is 0 Å². The van der Waals surface area contributed by atoms with Gasteiger partial charge < -0.3 is 0 Å². The maximum atomic E-state index is 5.19. The summed E-state index contributed by atoms with van der Waals surface area (Å²) in [6.45, 7) is 0.